The summed E-state index contributed by atoms with van der Waals surface area (Å²) in [5.74, 6) is -2.67. The lowest BCUT2D eigenvalue weighted by molar-refractivity contribution is -0.0446. The van der Waals surface area contributed by atoms with Crippen LogP contribution >= 0.6 is 0 Å². The Labute approximate surface area is 128 Å². The van der Waals surface area contributed by atoms with Gasteiger partial charge in [0.2, 0.25) is 5.91 Å². The zero-order valence-electron chi connectivity index (χ0n) is 11.2. The van der Waals surface area contributed by atoms with Crippen LogP contribution in [0.3, 0.4) is 0 Å². The van der Waals surface area contributed by atoms with Gasteiger partial charge in [-0.2, -0.15) is 21.6 Å². The predicted octanol–water partition coefficient (Wildman–Crippen LogP) is 1.52. The summed E-state index contributed by atoms with van der Waals surface area (Å²) in [6.45, 7) is 0. The molecule has 0 aliphatic rings. The number of sulfonamides is 1. The number of rotatable bonds is 3. The van der Waals surface area contributed by atoms with Crippen LogP contribution in [0.4, 0.5) is 13.2 Å². The van der Waals surface area contributed by atoms with E-state index < -0.39 is 32.9 Å². The Hall–Kier alpha value is -2.62. The lowest BCUT2D eigenvalue weighted by atomic mass is 9.98. The minimum Gasteiger partial charge on any atom is -0.366 e. The molecular formula is C13H9F3N2O4S. The topological polar surface area (TPSA) is 106 Å². The summed E-state index contributed by atoms with van der Waals surface area (Å²) < 4.78 is 59.9. The quantitative estimate of drug-likeness (QED) is 0.879. The number of carbonyl (C=O) groups excluding carboxylic acids is 2. The van der Waals surface area contributed by atoms with Gasteiger partial charge in [0.15, 0.2) is 0 Å². The summed E-state index contributed by atoms with van der Waals surface area (Å²) in [5, 5.41) is 0.730. The fraction of sp³-hybridized carbons (Fsp3) is 0.0769. The maximum Gasteiger partial charge on any atom is 0.516 e. The molecule has 2 aromatic carbocycles. The molecule has 2 aromatic rings. The number of fused-ring (bicyclic) bond motifs is 1. The van der Waals surface area contributed by atoms with E-state index in [2.05, 4.69) is 0 Å². The molecule has 3 N–H and O–H groups in total. The zero-order valence-corrected chi connectivity index (χ0v) is 12.0. The summed E-state index contributed by atoms with van der Waals surface area (Å²) in [6, 6.07) is 8.59. The van der Waals surface area contributed by atoms with Crippen LogP contribution in [0.25, 0.3) is 10.8 Å². The fourth-order valence-electron chi connectivity index (χ4n) is 1.96. The van der Waals surface area contributed by atoms with Gasteiger partial charge in [0.25, 0.3) is 5.91 Å². The number of primary amides is 1. The molecule has 0 aromatic heterocycles. The maximum absolute atomic E-state index is 12.3. The highest BCUT2D eigenvalue weighted by Gasteiger charge is 2.47. The second kappa shape index (κ2) is 5.54. The van der Waals surface area contributed by atoms with E-state index in [4.69, 9.17) is 5.73 Å². The van der Waals surface area contributed by atoms with Crippen LogP contribution in [0, 0.1) is 0 Å². The van der Waals surface area contributed by atoms with Gasteiger partial charge in [-0.3, -0.25) is 9.59 Å². The van der Waals surface area contributed by atoms with Crippen LogP contribution in [0.5, 0.6) is 0 Å². The molecule has 122 valence electrons. The van der Waals surface area contributed by atoms with Gasteiger partial charge < -0.3 is 5.73 Å². The largest absolute Gasteiger partial charge is 0.516 e. The van der Waals surface area contributed by atoms with E-state index in [1.54, 1.807) is 12.1 Å². The molecule has 0 spiro atoms. The van der Waals surface area contributed by atoms with Crippen LogP contribution in [-0.2, 0) is 10.0 Å². The van der Waals surface area contributed by atoms with E-state index in [0.29, 0.717) is 5.39 Å². The van der Waals surface area contributed by atoms with Gasteiger partial charge in [0.1, 0.15) is 0 Å². The van der Waals surface area contributed by atoms with Gasteiger partial charge in [0, 0.05) is 0 Å². The first kappa shape index (κ1) is 16.7. The van der Waals surface area contributed by atoms with Crippen molar-refractivity contribution in [1.82, 2.24) is 4.72 Å². The Morgan fingerprint density at radius 2 is 1.65 bits per heavy atom. The Kier molecular flexibility index (Phi) is 4.03. The highest BCUT2D eigenvalue weighted by molar-refractivity contribution is 7.90. The van der Waals surface area contributed by atoms with Gasteiger partial charge in [-0.05, 0) is 16.8 Å². The molecule has 0 heterocycles. The summed E-state index contributed by atoms with van der Waals surface area (Å²) >= 11 is 0. The molecule has 0 bridgehead atoms. The third-order valence-electron chi connectivity index (χ3n) is 2.95. The number of hydrogen-bond donors (Lipinski definition) is 2. The number of hydrogen-bond acceptors (Lipinski definition) is 4. The minimum absolute atomic E-state index is 0.219. The molecule has 10 heteroatoms. The van der Waals surface area contributed by atoms with Crippen molar-refractivity contribution in [1.29, 1.82) is 0 Å². The summed E-state index contributed by atoms with van der Waals surface area (Å²) in [7, 11) is -5.89. The molecule has 0 saturated carbocycles. The minimum atomic E-state index is -5.89. The molecule has 6 nitrogen and oxygen atoms in total. The maximum atomic E-state index is 12.3. The van der Waals surface area contributed by atoms with Crippen molar-refractivity contribution in [3.05, 3.63) is 47.5 Å². The summed E-state index contributed by atoms with van der Waals surface area (Å²) in [5.41, 5.74) is -1.41. The Morgan fingerprint density at radius 3 is 2.22 bits per heavy atom. The van der Waals surface area contributed by atoms with E-state index in [9.17, 15) is 31.2 Å². The second-order valence-corrected chi connectivity index (χ2v) is 6.13. The van der Waals surface area contributed by atoms with Crippen molar-refractivity contribution >= 4 is 32.6 Å². The van der Waals surface area contributed by atoms with Crippen molar-refractivity contribution < 1.29 is 31.2 Å². The average Bonchev–Trinajstić information content (AvgIpc) is 2.44. The van der Waals surface area contributed by atoms with E-state index >= 15 is 0 Å². The number of nitrogens with one attached hydrogen (secondary N) is 1. The first-order valence-electron chi connectivity index (χ1n) is 5.99. The normalized spacial score (nSPS) is 12.1. The number of alkyl halides is 3. The third kappa shape index (κ3) is 3.11. The van der Waals surface area contributed by atoms with Gasteiger partial charge in [-0.1, -0.05) is 30.3 Å². The molecule has 23 heavy (non-hydrogen) atoms. The van der Waals surface area contributed by atoms with Gasteiger partial charge in [0.05, 0.1) is 11.1 Å². The molecule has 0 aliphatic heterocycles. The molecule has 0 fully saturated rings. The molecule has 2 rings (SSSR count). The van der Waals surface area contributed by atoms with Crippen molar-refractivity contribution in [3.63, 3.8) is 0 Å². The number of carbonyl (C=O) groups is 2. The Balaban J connectivity index is 2.58. The Morgan fingerprint density at radius 1 is 1.04 bits per heavy atom. The third-order valence-corrected chi connectivity index (χ3v) is 4.02. The highest BCUT2D eigenvalue weighted by Crippen LogP contribution is 2.25. The second-order valence-electron chi connectivity index (χ2n) is 4.45. The molecule has 0 radical (unpaired) electrons. The van der Waals surface area contributed by atoms with Crippen molar-refractivity contribution in [2.45, 2.75) is 5.51 Å². The smallest absolute Gasteiger partial charge is 0.366 e. The van der Waals surface area contributed by atoms with Crippen molar-refractivity contribution in [3.8, 4) is 0 Å². The van der Waals surface area contributed by atoms with Crippen LogP contribution in [0.15, 0.2) is 36.4 Å². The number of nitrogens with two attached hydrogens (primary N) is 1. The molecular weight excluding hydrogens is 337 g/mol. The molecule has 0 atom stereocenters. The monoisotopic (exact) mass is 346 g/mol. The molecule has 0 unspecified atom stereocenters. The van der Waals surface area contributed by atoms with Gasteiger partial charge in [-0.15, -0.1) is 0 Å². The standard InChI is InChI=1S/C13H9F3N2O4S/c14-13(15,16)23(21,22)18-12(20)9-6-5-7-3-1-2-4-8(7)10(9)11(17)19/h1-6H,(H2,17,19)(H,18,20). The lowest BCUT2D eigenvalue weighted by Gasteiger charge is -2.12. The van der Waals surface area contributed by atoms with E-state index in [-0.39, 0.29) is 10.9 Å². The average molecular weight is 346 g/mol. The Bertz CT molecular complexity index is 907. The number of halogens is 3. The SMILES string of the molecule is NC(=O)c1c(C(=O)NS(=O)(=O)C(F)(F)F)ccc2ccccc12. The van der Waals surface area contributed by atoms with E-state index in [0.717, 1.165) is 10.8 Å². The molecule has 0 aliphatic carbocycles. The van der Waals surface area contributed by atoms with Crippen LogP contribution < -0.4 is 10.5 Å². The van der Waals surface area contributed by atoms with Crippen LogP contribution in [0.2, 0.25) is 0 Å². The van der Waals surface area contributed by atoms with Crippen molar-refractivity contribution in [2.24, 2.45) is 5.73 Å². The lowest BCUT2D eigenvalue weighted by Crippen LogP contribution is -2.40. The van der Waals surface area contributed by atoms with Crippen LogP contribution in [-0.4, -0.2) is 25.7 Å². The first-order chi connectivity index (χ1) is 10.5. The van der Waals surface area contributed by atoms with E-state index in [1.807, 2.05) is 0 Å². The summed E-state index contributed by atoms with van der Waals surface area (Å²) in [4.78, 5) is 23.5. The predicted molar refractivity (Wildman–Crippen MR) is 74.9 cm³/mol. The van der Waals surface area contributed by atoms with Crippen molar-refractivity contribution in [2.75, 3.05) is 0 Å². The molecule has 2 amide bonds. The van der Waals surface area contributed by atoms with Crippen LogP contribution in [0.1, 0.15) is 20.7 Å². The zero-order chi connectivity index (χ0) is 17.4. The molecule has 0 saturated heterocycles. The van der Waals surface area contributed by atoms with Gasteiger partial charge >= 0.3 is 15.5 Å². The fourth-order valence-corrected chi connectivity index (χ4v) is 2.43. The first-order valence-corrected chi connectivity index (χ1v) is 7.48. The summed E-state index contributed by atoms with van der Waals surface area (Å²) in [6.07, 6.45) is 0. The number of benzene rings is 2. The van der Waals surface area contributed by atoms with Gasteiger partial charge in [-0.25, -0.2) is 4.72 Å². The number of amides is 2. The van der Waals surface area contributed by atoms with E-state index in [1.165, 1.54) is 18.2 Å². The highest BCUT2D eigenvalue weighted by atomic mass is 32.2.